The molecule has 2 aromatic rings. The van der Waals surface area contributed by atoms with Crippen molar-refractivity contribution in [2.75, 3.05) is 7.11 Å². The largest absolute Gasteiger partial charge is 0.469 e. The minimum absolute atomic E-state index is 0.0792. The zero-order valence-corrected chi connectivity index (χ0v) is 26.0. The average Bonchev–Trinajstić information content (AvgIpc) is 3.65. The summed E-state index contributed by atoms with van der Waals surface area (Å²) in [5.41, 5.74) is 7.72. The number of ketones is 1. The van der Waals surface area contributed by atoms with Crippen LogP contribution in [0.5, 0.6) is 0 Å². The number of methoxy groups -OCH3 is 1. The number of fused-ring (bicyclic) bond motifs is 8. The third-order valence-electron chi connectivity index (χ3n) is 9.65. The Morgan fingerprint density at radius 1 is 0.932 bits per heavy atom. The van der Waals surface area contributed by atoms with Crippen LogP contribution in [0.1, 0.15) is 138 Å². The average molecular weight is 597 g/mol. The first-order valence-corrected chi connectivity index (χ1v) is 15.1. The van der Waals surface area contributed by atoms with Crippen molar-refractivity contribution >= 4 is 45.9 Å². The van der Waals surface area contributed by atoms with Crippen LogP contribution in [0.2, 0.25) is 0 Å². The predicted octanol–water partition coefficient (Wildman–Crippen LogP) is 6.31. The van der Waals surface area contributed by atoms with E-state index >= 15 is 0 Å². The number of aromatic nitrogens is 4. The Labute approximate surface area is 255 Å². The van der Waals surface area contributed by atoms with Crippen LogP contribution in [0.15, 0.2) is 18.2 Å². The summed E-state index contributed by atoms with van der Waals surface area (Å²) in [5, 5.41) is 0. The molecule has 10 heteroatoms. The summed E-state index contributed by atoms with van der Waals surface area (Å²) in [5.74, 6) is -2.24. The molecule has 4 aliphatic rings. The second-order valence-electron chi connectivity index (χ2n) is 12.1. The molecule has 0 aromatic carbocycles. The van der Waals surface area contributed by atoms with E-state index in [0.717, 1.165) is 23.4 Å². The molecule has 0 saturated carbocycles. The number of hydrogen-bond donors (Lipinski definition) is 2. The lowest BCUT2D eigenvalue weighted by atomic mass is 9.85. The molecule has 44 heavy (non-hydrogen) atoms. The van der Waals surface area contributed by atoms with Crippen LogP contribution in [0.25, 0.3) is 22.2 Å². The summed E-state index contributed by atoms with van der Waals surface area (Å²) in [6.07, 6.45) is 1.34. The fourth-order valence-electron chi connectivity index (χ4n) is 7.12. The molecular formula is C34H36N4O6. The molecular weight excluding hydrogens is 560 g/mol. The van der Waals surface area contributed by atoms with Gasteiger partial charge in [0.2, 0.25) is 0 Å². The van der Waals surface area contributed by atoms with Gasteiger partial charge in [0, 0.05) is 58.3 Å². The topological polar surface area (TPSA) is 144 Å². The molecule has 0 fully saturated rings. The van der Waals surface area contributed by atoms with Crippen molar-refractivity contribution in [2.45, 2.75) is 84.5 Å². The number of rotatable bonds is 5. The van der Waals surface area contributed by atoms with E-state index in [-0.39, 0.29) is 47.4 Å². The lowest BCUT2D eigenvalue weighted by molar-refractivity contribution is -0.140. The first kappa shape index (κ1) is 29.5. The third kappa shape index (κ3) is 4.55. The van der Waals surface area contributed by atoms with Gasteiger partial charge in [-0.2, -0.15) is 0 Å². The molecule has 0 radical (unpaired) electrons. The highest BCUT2D eigenvalue weighted by atomic mass is 16.6. The van der Waals surface area contributed by atoms with Crippen molar-refractivity contribution < 1.29 is 28.7 Å². The second-order valence-corrected chi connectivity index (χ2v) is 12.1. The quantitative estimate of drug-likeness (QED) is 0.302. The second kappa shape index (κ2) is 10.8. The van der Waals surface area contributed by atoms with Gasteiger partial charge in [-0.1, -0.05) is 20.8 Å². The molecule has 228 valence electrons. The fourth-order valence-corrected chi connectivity index (χ4v) is 7.12. The maximum atomic E-state index is 13.5. The van der Waals surface area contributed by atoms with Gasteiger partial charge in [-0.25, -0.2) is 14.6 Å². The Hall–Kier alpha value is -4.60. The van der Waals surface area contributed by atoms with Gasteiger partial charge >= 0.3 is 17.9 Å². The van der Waals surface area contributed by atoms with E-state index in [2.05, 4.69) is 23.8 Å². The van der Waals surface area contributed by atoms with Crippen molar-refractivity contribution in [1.82, 2.24) is 19.9 Å². The molecule has 6 rings (SSSR count). The number of aromatic amines is 2. The zero-order chi connectivity index (χ0) is 31.6. The Morgan fingerprint density at radius 2 is 1.66 bits per heavy atom. The van der Waals surface area contributed by atoms with Crippen LogP contribution in [0.3, 0.4) is 0 Å². The van der Waals surface area contributed by atoms with Gasteiger partial charge in [-0.3, -0.25) is 14.6 Å². The SMILES string of the molecule is CC[C@@H]1c2cc3[nH]c4c(c5nc(cc6nc(cc([nH]2)[C@H]1C)C(C(C)=O)=C6C)[C@@H](C)[C@@H]5CCC(=O)OC)C(=O)OC(=O)c4c3C. The van der Waals surface area contributed by atoms with Crippen LogP contribution in [0.4, 0.5) is 0 Å². The molecule has 0 unspecified atom stereocenters. The highest BCUT2D eigenvalue weighted by molar-refractivity contribution is 6.27. The van der Waals surface area contributed by atoms with Crippen LogP contribution >= 0.6 is 0 Å². The normalized spacial score (nSPS) is 21.7. The van der Waals surface area contributed by atoms with Crippen LogP contribution < -0.4 is 0 Å². The van der Waals surface area contributed by atoms with Gasteiger partial charge in [0.1, 0.15) is 5.56 Å². The summed E-state index contributed by atoms with van der Waals surface area (Å²) >= 11 is 0. The first-order valence-electron chi connectivity index (χ1n) is 15.1. The minimum atomic E-state index is -0.785. The molecule has 0 spiro atoms. The maximum Gasteiger partial charge on any atom is 0.350 e. The van der Waals surface area contributed by atoms with Crippen molar-refractivity contribution in [1.29, 1.82) is 0 Å². The highest BCUT2D eigenvalue weighted by Crippen LogP contribution is 2.45. The van der Waals surface area contributed by atoms with E-state index < -0.39 is 11.9 Å². The summed E-state index contributed by atoms with van der Waals surface area (Å²) in [6, 6.07) is 5.81. The zero-order valence-electron chi connectivity index (χ0n) is 26.0. The number of H-pyrrole nitrogens is 2. The van der Waals surface area contributed by atoms with Gasteiger partial charge in [0.15, 0.2) is 5.78 Å². The van der Waals surface area contributed by atoms with E-state index in [1.165, 1.54) is 7.11 Å². The van der Waals surface area contributed by atoms with Crippen molar-refractivity contribution in [3.8, 4) is 0 Å². The number of cyclic esters (lactones) is 2. The van der Waals surface area contributed by atoms with Crippen molar-refractivity contribution in [3.05, 3.63) is 69.1 Å². The molecule has 10 nitrogen and oxygen atoms in total. The molecule has 2 aromatic heterocycles. The highest BCUT2D eigenvalue weighted by Gasteiger charge is 2.39. The number of ether oxygens (including phenoxy) is 2. The molecule has 6 heterocycles. The van der Waals surface area contributed by atoms with Gasteiger partial charge in [-0.15, -0.1) is 0 Å². The minimum Gasteiger partial charge on any atom is -0.469 e. The maximum absolute atomic E-state index is 13.5. The van der Waals surface area contributed by atoms with Gasteiger partial charge in [0.25, 0.3) is 0 Å². The van der Waals surface area contributed by atoms with Gasteiger partial charge in [0.05, 0.1) is 35.3 Å². The van der Waals surface area contributed by atoms with E-state index in [1.807, 2.05) is 39.0 Å². The predicted molar refractivity (Wildman–Crippen MR) is 164 cm³/mol. The van der Waals surface area contributed by atoms with E-state index in [0.29, 0.717) is 56.9 Å². The summed E-state index contributed by atoms with van der Waals surface area (Å²) in [4.78, 5) is 68.5. The van der Waals surface area contributed by atoms with E-state index in [4.69, 9.17) is 19.4 Å². The van der Waals surface area contributed by atoms with Gasteiger partial charge < -0.3 is 19.4 Å². The van der Waals surface area contributed by atoms with E-state index in [1.54, 1.807) is 6.92 Å². The number of allylic oxidation sites excluding steroid dienone is 2. The van der Waals surface area contributed by atoms with E-state index in [9.17, 15) is 19.2 Å². The molecule has 4 atom stereocenters. The number of Topliss-reactive ketones (excluding diaryl/α,β-unsaturated/α-hetero) is 1. The van der Waals surface area contributed by atoms with Gasteiger partial charge in [-0.05, 0) is 62.9 Å². The number of nitrogens with zero attached hydrogens (tertiary/aromatic N) is 2. The summed E-state index contributed by atoms with van der Waals surface area (Å²) in [6.45, 7) is 11.5. The number of carbonyl (C=O) groups excluding carboxylic acids is 4. The Kier molecular flexibility index (Phi) is 7.26. The summed E-state index contributed by atoms with van der Waals surface area (Å²) < 4.78 is 10.2. The Balaban J connectivity index is 1.76. The summed E-state index contributed by atoms with van der Waals surface area (Å²) in [7, 11) is 1.34. The number of nitrogens with one attached hydrogen (secondary N) is 2. The lowest BCUT2D eigenvalue weighted by Gasteiger charge is -2.18. The molecule has 0 amide bonds. The molecule has 0 saturated heterocycles. The standard InChI is InChI=1S/C34H36N4O6/c1-8-19-14(2)21-13-26-28(18(6)39)16(4)23(36-26)11-22-15(3)20(9-10-27(40)43-7)31(37-22)30-32-29(33(41)44-34(30)42)17(5)24(38-32)12-25(19)35-21/h11-15,19-20,35,38H,8-10H2,1-7H3/t14-,15-,19-,20-/m0/s1. The number of carbonyl (C=O) groups is 4. The fraction of sp³-hybridized carbons (Fsp3) is 0.412. The smallest absolute Gasteiger partial charge is 0.350 e. The van der Waals surface area contributed by atoms with Crippen molar-refractivity contribution in [3.63, 3.8) is 0 Å². The first-order chi connectivity index (χ1) is 20.9. The van der Waals surface area contributed by atoms with Crippen molar-refractivity contribution in [2.24, 2.45) is 0 Å². The monoisotopic (exact) mass is 596 g/mol. The Bertz CT molecular complexity index is 1880. The molecule has 0 aliphatic carbocycles. The third-order valence-corrected chi connectivity index (χ3v) is 9.65. The Morgan fingerprint density at radius 3 is 2.34 bits per heavy atom. The van der Waals surface area contributed by atoms with Crippen LogP contribution in [-0.4, -0.2) is 50.7 Å². The lowest BCUT2D eigenvalue weighted by Crippen LogP contribution is -2.21. The molecule has 8 bridgehead atoms. The number of aryl methyl sites for hydroxylation is 1. The van der Waals surface area contributed by atoms with Crippen LogP contribution in [0, 0.1) is 6.92 Å². The van der Waals surface area contributed by atoms with Crippen LogP contribution in [-0.2, 0) is 19.1 Å². The molecule has 4 aliphatic heterocycles. The number of esters is 3. The molecule has 2 N–H and O–H groups in total. The number of hydrogen-bond acceptors (Lipinski definition) is 8.